The van der Waals surface area contributed by atoms with Gasteiger partial charge in [0.1, 0.15) is 0 Å². The Morgan fingerprint density at radius 1 is 0.895 bits per heavy atom. The third kappa shape index (κ3) is 4.42. The zero-order chi connectivity index (χ0) is 13.8. The molecule has 0 fully saturated rings. The van der Waals surface area contributed by atoms with E-state index in [9.17, 15) is 4.79 Å². The molecule has 0 bridgehead atoms. The third-order valence-corrected chi connectivity index (χ3v) is 3.19. The van der Waals surface area contributed by atoms with Gasteiger partial charge in [-0.05, 0) is 42.5 Å². The Hall–Kier alpha value is -1.23. The molecule has 19 heavy (non-hydrogen) atoms. The first-order chi connectivity index (χ1) is 9.02. The number of nitrogens with one attached hydrogen (secondary N) is 2. The van der Waals surface area contributed by atoms with Crippen LogP contribution >= 0.6 is 39.1 Å². The van der Waals surface area contributed by atoms with Gasteiger partial charge in [-0.2, -0.15) is 0 Å². The summed E-state index contributed by atoms with van der Waals surface area (Å²) >= 11 is 15.0. The van der Waals surface area contributed by atoms with Crippen molar-refractivity contribution in [3.63, 3.8) is 0 Å². The summed E-state index contributed by atoms with van der Waals surface area (Å²) in [7, 11) is 0. The number of urea groups is 1. The fraction of sp³-hybridized carbons (Fsp3) is 0. The van der Waals surface area contributed by atoms with Gasteiger partial charge in [-0.15, -0.1) is 0 Å². The molecule has 6 heteroatoms. The lowest BCUT2D eigenvalue weighted by Crippen LogP contribution is -2.19. The zero-order valence-electron chi connectivity index (χ0n) is 9.58. The summed E-state index contributed by atoms with van der Waals surface area (Å²) < 4.78 is 0.945. The van der Waals surface area contributed by atoms with Crippen LogP contribution in [0.25, 0.3) is 0 Å². The van der Waals surface area contributed by atoms with Gasteiger partial charge in [-0.3, -0.25) is 0 Å². The van der Waals surface area contributed by atoms with Gasteiger partial charge in [0.2, 0.25) is 0 Å². The highest BCUT2D eigenvalue weighted by atomic mass is 79.9. The second-order valence-electron chi connectivity index (χ2n) is 3.74. The minimum atomic E-state index is -0.361. The fourth-order valence-corrected chi connectivity index (χ4v) is 2.24. The first kappa shape index (κ1) is 14.2. The van der Waals surface area contributed by atoms with E-state index in [4.69, 9.17) is 23.2 Å². The minimum Gasteiger partial charge on any atom is -0.308 e. The molecule has 2 rings (SSSR count). The summed E-state index contributed by atoms with van der Waals surface area (Å²) in [6.45, 7) is 0. The second-order valence-corrected chi connectivity index (χ2v) is 5.53. The highest BCUT2D eigenvalue weighted by molar-refractivity contribution is 9.10. The molecule has 0 saturated carbocycles. The summed E-state index contributed by atoms with van der Waals surface area (Å²) in [5.74, 6) is 0. The van der Waals surface area contributed by atoms with Crippen molar-refractivity contribution in [1.29, 1.82) is 0 Å². The van der Waals surface area contributed by atoms with Gasteiger partial charge in [0, 0.05) is 25.9 Å². The normalized spacial score (nSPS) is 10.1. The molecule has 0 atom stereocenters. The van der Waals surface area contributed by atoms with Gasteiger partial charge in [0.05, 0.1) is 0 Å². The number of anilines is 2. The van der Waals surface area contributed by atoms with E-state index >= 15 is 0 Å². The molecular weight excluding hydrogens is 351 g/mol. The van der Waals surface area contributed by atoms with Crippen LogP contribution in [0.5, 0.6) is 0 Å². The number of carbonyl (C=O) groups is 1. The molecule has 0 radical (unpaired) electrons. The van der Waals surface area contributed by atoms with Crippen molar-refractivity contribution in [2.75, 3.05) is 10.6 Å². The van der Waals surface area contributed by atoms with Crippen LogP contribution in [0.15, 0.2) is 46.9 Å². The minimum absolute atomic E-state index is 0.361. The maximum Gasteiger partial charge on any atom is 0.323 e. The molecule has 98 valence electrons. The Balaban J connectivity index is 2.03. The Labute approximate surface area is 129 Å². The standard InChI is InChI=1S/C13H9BrCl2N2O/c14-8-1-3-11(4-2-8)17-13(19)18-12-6-9(15)5-10(16)7-12/h1-7H,(H2,17,18,19). The van der Waals surface area contributed by atoms with Crippen LogP contribution in [0.1, 0.15) is 0 Å². The molecule has 0 aliphatic heterocycles. The number of benzene rings is 2. The topological polar surface area (TPSA) is 41.1 Å². The number of hydrogen-bond acceptors (Lipinski definition) is 1. The molecular formula is C13H9BrCl2N2O. The molecule has 0 spiro atoms. The van der Waals surface area contributed by atoms with Crippen molar-refractivity contribution in [3.8, 4) is 0 Å². The number of carbonyl (C=O) groups excluding carboxylic acids is 1. The van der Waals surface area contributed by atoms with Crippen LogP contribution in [-0.2, 0) is 0 Å². The molecule has 0 heterocycles. The van der Waals surface area contributed by atoms with Crippen LogP contribution in [0.2, 0.25) is 10.0 Å². The van der Waals surface area contributed by atoms with Gasteiger partial charge in [-0.1, -0.05) is 39.1 Å². The molecule has 0 unspecified atom stereocenters. The van der Waals surface area contributed by atoms with E-state index in [1.807, 2.05) is 12.1 Å². The van der Waals surface area contributed by atoms with Crippen molar-refractivity contribution < 1.29 is 4.79 Å². The highest BCUT2D eigenvalue weighted by Crippen LogP contribution is 2.22. The largest absolute Gasteiger partial charge is 0.323 e. The summed E-state index contributed by atoms with van der Waals surface area (Å²) in [5, 5.41) is 6.28. The van der Waals surface area contributed by atoms with E-state index < -0.39 is 0 Å². The molecule has 2 amide bonds. The van der Waals surface area contributed by atoms with Crippen molar-refractivity contribution in [3.05, 3.63) is 57.0 Å². The Kier molecular flexibility index (Phi) is 4.69. The van der Waals surface area contributed by atoms with Crippen LogP contribution < -0.4 is 10.6 Å². The van der Waals surface area contributed by atoms with E-state index in [2.05, 4.69) is 26.6 Å². The summed E-state index contributed by atoms with van der Waals surface area (Å²) in [5.41, 5.74) is 1.22. The van der Waals surface area contributed by atoms with Gasteiger partial charge < -0.3 is 10.6 Å². The fourth-order valence-electron chi connectivity index (χ4n) is 1.45. The highest BCUT2D eigenvalue weighted by Gasteiger charge is 2.04. The lowest BCUT2D eigenvalue weighted by Gasteiger charge is -2.08. The first-order valence-electron chi connectivity index (χ1n) is 5.32. The lowest BCUT2D eigenvalue weighted by atomic mass is 10.3. The second kappa shape index (κ2) is 6.28. The summed E-state index contributed by atoms with van der Waals surface area (Å²) in [6.07, 6.45) is 0. The molecule has 2 N–H and O–H groups in total. The van der Waals surface area contributed by atoms with E-state index in [-0.39, 0.29) is 6.03 Å². The first-order valence-corrected chi connectivity index (χ1v) is 6.87. The van der Waals surface area contributed by atoms with E-state index in [1.54, 1.807) is 30.3 Å². The van der Waals surface area contributed by atoms with Crippen LogP contribution in [0, 0.1) is 0 Å². The lowest BCUT2D eigenvalue weighted by molar-refractivity contribution is 0.262. The number of hydrogen-bond donors (Lipinski definition) is 2. The van der Waals surface area contributed by atoms with Gasteiger partial charge >= 0.3 is 6.03 Å². The predicted octanol–water partition coefficient (Wildman–Crippen LogP) is 5.40. The smallest absolute Gasteiger partial charge is 0.308 e. The third-order valence-electron chi connectivity index (χ3n) is 2.22. The van der Waals surface area contributed by atoms with Crippen molar-refractivity contribution in [1.82, 2.24) is 0 Å². The maximum atomic E-state index is 11.8. The van der Waals surface area contributed by atoms with E-state index in [0.29, 0.717) is 21.4 Å². The van der Waals surface area contributed by atoms with Crippen molar-refractivity contribution >= 4 is 56.5 Å². The molecule has 2 aromatic carbocycles. The molecule has 2 aromatic rings. The molecule has 0 saturated heterocycles. The molecule has 0 aliphatic rings. The van der Waals surface area contributed by atoms with Crippen LogP contribution in [0.4, 0.5) is 16.2 Å². The molecule has 0 aliphatic carbocycles. The molecule has 3 nitrogen and oxygen atoms in total. The van der Waals surface area contributed by atoms with Crippen molar-refractivity contribution in [2.45, 2.75) is 0 Å². The van der Waals surface area contributed by atoms with Gasteiger partial charge in [-0.25, -0.2) is 4.79 Å². The van der Waals surface area contributed by atoms with Gasteiger partial charge in [0.15, 0.2) is 0 Å². The van der Waals surface area contributed by atoms with E-state index in [1.165, 1.54) is 0 Å². The predicted molar refractivity (Wildman–Crippen MR) is 83.2 cm³/mol. The number of halogens is 3. The van der Waals surface area contributed by atoms with Crippen LogP contribution in [0.3, 0.4) is 0 Å². The Bertz CT molecular complexity index is 582. The van der Waals surface area contributed by atoms with Crippen molar-refractivity contribution in [2.24, 2.45) is 0 Å². The quantitative estimate of drug-likeness (QED) is 0.740. The Morgan fingerprint density at radius 3 is 2.00 bits per heavy atom. The Morgan fingerprint density at radius 2 is 1.42 bits per heavy atom. The maximum absolute atomic E-state index is 11.8. The zero-order valence-corrected chi connectivity index (χ0v) is 12.7. The average molecular weight is 360 g/mol. The SMILES string of the molecule is O=C(Nc1ccc(Br)cc1)Nc1cc(Cl)cc(Cl)c1. The monoisotopic (exact) mass is 358 g/mol. The van der Waals surface area contributed by atoms with Crippen LogP contribution in [-0.4, -0.2) is 6.03 Å². The molecule has 0 aromatic heterocycles. The van der Waals surface area contributed by atoms with E-state index in [0.717, 1.165) is 4.47 Å². The average Bonchev–Trinajstić information content (AvgIpc) is 2.30. The number of amides is 2. The summed E-state index contributed by atoms with van der Waals surface area (Å²) in [6, 6.07) is 11.7. The summed E-state index contributed by atoms with van der Waals surface area (Å²) in [4.78, 5) is 11.8. The van der Waals surface area contributed by atoms with Gasteiger partial charge in [0.25, 0.3) is 0 Å². The number of rotatable bonds is 2.